The third-order valence-corrected chi connectivity index (χ3v) is 5.62. The molecule has 0 aliphatic carbocycles. The number of rotatable bonds is 11. The van der Waals surface area contributed by atoms with Gasteiger partial charge in [0, 0.05) is 12.6 Å². The van der Waals surface area contributed by atoms with Gasteiger partial charge in [0.05, 0.1) is 24.7 Å². The lowest BCUT2D eigenvalue weighted by atomic mass is 10.1. The van der Waals surface area contributed by atoms with Crippen LogP contribution in [0.5, 0.6) is 0 Å². The van der Waals surface area contributed by atoms with Gasteiger partial charge in [-0.15, -0.1) is 0 Å². The predicted molar refractivity (Wildman–Crippen MR) is 136 cm³/mol. The number of nitrogens with one attached hydrogen (secondary N) is 3. The highest BCUT2D eigenvalue weighted by Gasteiger charge is 2.27. The topological polar surface area (TPSA) is 161 Å². The summed E-state index contributed by atoms with van der Waals surface area (Å²) in [4.78, 5) is 55.9. The fourth-order valence-electron chi connectivity index (χ4n) is 3.77. The second kappa shape index (κ2) is 12.8. The quantitative estimate of drug-likeness (QED) is 0.270. The lowest BCUT2D eigenvalue weighted by molar-refractivity contribution is -0.134. The fourth-order valence-corrected chi connectivity index (χ4v) is 3.77. The summed E-state index contributed by atoms with van der Waals surface area (Å²) in [6.07, 6.45) is -2.03. The highest BCUT2D eigenvalue weighted by molar-refractivity contribution is 5.96. The van der Waals surface area contributed by atoms with E-state index in [1.165, 1.54) is 29.0 Å². The number of aromatic nitrogens is 3. The van der Waals surface area contributed by atoms with E-state index in [9.17, 15) is 32.3 Å². The molecule has 2 heterocycles. The number of nitrogens with zero attached hydrogens (tertiary/aromatic N) is 2. The van der Waals surface area contributed by atoms with Crippen LogP contribution in [-0.4, -0.2) is 51.8 Å². The smallest absolute Gasteiger partial charge is 0.407 e. The number of aromatic amines is 1. The first-order chi connectivity index (χ1) is 18.5. The number of allylic oxidation sites excluding steroid dienone is 1. The molecule has 0 fully saturated rings. The minimum absolute atomic E-state index is 0.0440. The summed E-state index contributed by atoms with van der Waals surface area (Å²) in [6, 6.07) is 6.69. The van der Waals surface area contributed by atoms with Crippen LogP contribution in [0.1, 0.15) is 30.7 Å². The number of primary amides is 1. The van der Waals surface area contributed by atoms with E-state index < -0.39 is 42.1 Å². The zero-order chi connectivity index (χ0) is 28.6. The second-order valence-electron chi connectivity index (χ2n) is 8.53. The summed E-state index contributed by atoms with van der Waals surface area (Å²) >= 11 is 0. The van der Waals surface area contributed by atoms with Gasteiger partial charge < -0.3 is 30.7 Å². The minimum atomic E-state index is -4.30. The number of methoxy groups -OCH3 is 1. The molecule has 5 N–H and O–H groups in total. The standard InChI is InChI=1S/C25H27F3N6O5/c1-39-24(38)32-17(7-2-3-10-19(29)35)22(36)31-18-9-5-13-34(23(18)37)14-20-30-16-8-4-6-15(21(16)33-20)11-12-25(26,27)28/h3-6,8-10,13,17H,2,7,11-12,14H2,1H3,(H2,29,35)(H,30,33)(H,31,36)(H,32,38)/b10-3+/t17-/m0/s1. The summed E-state index contributed by atoms with van der Waals surface area (Å²) in [5, 5.41) is 4.86. The van der Waals surface area contributed by atoms with Crippen LogP contribution < -0.4 is 21.9 Å². The number of para-hydroxylation sites is 1. The molecule has 0 saturated carbocycles. The Balaban J connectivity index is 1.77. The van der Waals surface area contributed by atoms with Crippen molar-refractivity contribution in [2.24, 2.45) is 5.73 Å². The van der Waals surface area contributed by atoms with Gasteiger partial charge in [0.1, 0.15) is 17.6 Å². The van der Waals surface area contributed by atoms with Crippen molar-refractivity contribution >= 4 is 34.6 Å². The number of aryl methyl sites for hydroxylation is 1. The summed E-state index contributed by atoms with van der Waals surface area (Å²) in [6.45, 7) is -0.0440. The third kappa shape index (κ3) is 8.45. The van der Waals surface area contributed by atoms with Crippen molar-refractivity contribution in [2.45, 2.75) is 44.4 Å². The average molecular weight is 549 g/mol. The van der Waals surface area contributed by atoms with E-state index in [0.29, 0.717) is 22.4 Å². The Morgan fingerprint density at radius 1 is 1.23 bits per heavy atom. The number of halogens is 3. The molecule has 0 aliphatic rings. The van der Waals surface area contributed by atoms with Gasteiger partial charge in [-0.3, -0.25) is 14.4 Å². The maximum Gasteiger partial charge on any atom is 0.407 e. The number of imidazole rings is 1. The van der Waals surface area contributed by atoms with Gasteiger partial charge in [-0.05, 0) is 49.1 Å². The number of amides is 3. The zero-order valence-electron chi connectivity index (χ0n) is 20.9. The van der Waals surface area contributed by atoms with Crippen LogP contribution in [0.2, 0.25) is 0 Å². The van der Waals surface area contributed by atoms with Crippen molar-refractivity contribution in [2.75, 3.05) is 12.4 Å². The van der Waals surface area contributed by atoms with E-state index >= 15 is 0 Å². The molecule has 1 atom stereocenters. The zero-order valence-corrected chi connectivity index (χ0v) is 20.9. The van der Waals surface area contributed by atoms with Crippen LogP contribution in [0.25, 0.3) is 11.0 Å². The number of H-pyrrole nitrogens is 1. The number of ether oxygens (including phenoxy) is 1. The van der Waals surface area contributed by atoms with Crippen molar-refractivity contribution in [1.82, 2.24) is 19.9 Å². The van der Waals surface area contributed by atoms with Crippen LogP contribution in [0, 0.1) is 0 Å². The number of fused-ring (bicyclic) bond motifs is 1. The largest absolute Gasteiger partial charge is 0.453 e. The monoisotopic (exact) mass is 548 g/mol. The van der Waals surface area contributed by atoms with Gasteiger partial charge in [0.15, 0.2) is 0 Å². The average Bonchev–Trinajstić information content (AvgIpc) is 3.29. The number of carbonyl (C=O) groups is 3. The Morgan fingerprint density at radius 2 is 2.00 bits per heavy atom. The Hall–Kier alpha value is -4.62. The van der Waals surface area contributed by atoms with E-state index in [2.05, 4.69) is 25.3 Å². The molecule has 39 heavy (non-hydrogen) atoms. The first-order valence-corrected chi connectivity index (χ1v) is 11.8. The molecule has 0 spiro atoms. The molecule has 1 aromatic carbocycles. The Morgan fingerprint density at radius 3 is 2.69 bits per heavy atom. The number of nitrogens with two attached hydrogens (primary N) is 1. The van der Waals surface area contributed by atoms with Crippen LogP contribution in [0.15, 0.2) is 53.5 Å². The molecule has 11 nitrogen and oxygen atoms in total. The minimum Gasteiger partial charge on any atom is -0.453 e. The Bertz CT molecular complexity index is 1430. The molecule has 0 aliphatic heterocycles. The van der Waals surface area contributed by atoms with E-state index in [1.807, 2.05) is 0 Å². The molecular weight excluding hydrogens is 521 g/mol. The lowest BCUT2D eigenvalue weighted by Gasteiger charge is -2.17. The number of benzene rings is 1. The molecule has 14 heteroatoms. The molecule has 3 rings (SSSR count). The number of alkyl halides is 3. The maximum atomic E-state index is 13.0. The lowest BCUT2D eigenvalue weighted by Crippen LogP contribution is -2.44. The molecule has 2 aromatic heterocycles. The fraction of sp³-hybridized carbons (Fsp3) is 0.320. The summed E-state index contributed by atoms with van der Waals surface area (Å²) < 4.78 is 43.9. The van der Waals surface area contributed by atoms with Crippen molar-refractivity contribution in [1.29, 1.82) is 0 Å². The second-order valence-corrected chi connectivity index (χ2v) is 8.53. The molecule has 3 amide bonds. The van der Waals surface area contributed by atoms with Crippen molar-refractivity contribution < 1.29 is 32.3 Å². The van der Waals surface area contributed by atoms with Crippen molar-refractivity contribution in [3.63, 3.8) is 0 Å². The highest BCUT2D eigenvalue weighted by Crippen LogP contribution is 2.25. The van der Waals surface area contributed by atoms with Gasteiger partial charge in [0.2, 0.25) is 11.8 Å². The van der Waals surface area contributed by atoms with Gasteiger partial charge in [0.25, 0.3) is 5.56 Å². The molecule has 0 unspecified atom stereocenters. The van der Waals surface area contributed by atoms with Crippen molar-refractivity contribution in [3.8, 4) is 0 Å². The summed E-state index contributed by atoms with van der Waals surface area (Å²) in [5.74, 6) is -1.02. The molecule has 0 saturated heterocycles. The first-order valence-electron chi connectivity index (χ1n) is 11.8. The molecule has 0 bridgehead atoms. The highest BCUT2D eigenvalue weighted by atomic mass is 19.4. The van der Waals surface area contributed by atoms with Crippen LogP contribution in [-0.2, 0) is 27.3 Å². The van der Waals surface area contributed by atoms with Gasteiger partial charge in [-0.1, -0.05) is 18.2 Å². The summed E-state index contributed by atoms with van der Waals surface area (Å²) in [7, 11) is 1.13. The molecule has 3 aromatic rings. The predicted octanol–water partition coefficient (Wildman–Crippen LogP) is 2.75. The normalized spacial score (nSPS) is 12.4. The number of alkyl carbamates (subject to hydrolysis) is 1. The van der Waals surface area contributed by atoms with Crippen LogP contribution in [0.4, 0.5) is 23.7 Å². The maximum absolute atomic E-state index is 13.0. The van der Waals surface area contributed by atoms with Gasteiger partial charge >= 0.3 is 12.3 Å². The third-order valence-electron chi connectivity index (χ3n) is 5.62. The van der Waals surface area contributed by atoms with Crippen LogP contribution >= 0.6 is 0 Å². The molecule has 208 valence electrons. The first kappa shape index (κ1) is 28.9. The van der Waals surface area contributed by atoms with Crippen molar-refractivity contribution in [3.05, 3.63) is 70.4 Å². The molecular formula is C25H27F3N6O5. The van der Waals surface area contributed by atoms with E-state index in [0.717, 1.165) is 13.2 Å². The Labute approximate surface area is 220 Å². The number of hydrogen-bond acceptors (Lipinski definition) is 6. The molecule has 0 radical (unpaired) electrons. The van der Waals surface area contributed by atoms with Crippen LogP contribution in [0.3, 0.4) is 0 Å². The summed E-state index contributed by atoms with van der Waals surface area (Å²) in [5.41, 5.74) is 5.73. The Kier molecular flexibility index (Phi) is 9.47. The van der Waals surface area contributed by atoms with Gasteiger partial charge in [-0.2, -0.15) is 13.2 Å². The van der Waals surface area contributed by atoms with E-state index in [-0.39, 0.29) is 31.5 Å². The number of hydrogen-bond donors (Lipinski definition) is 4. The van der Waals surface area contributed by atoms with E-state index in [1.54, 1.807) is 18.2 Å². The number of pyridine rings is 1. The number of carbonyl (C=O) groups excluding carboxylic acids is 3. The van der Waals surface area contributed by atoms with E-state index in [4.69, 9.17) is 5.73 Å². The van der Waals surface area contributed by atoms with Gasteiger partial charge in [-0.25, -0.2) is 9.78 Å². The SMILES string of the molecule is COC(=O)N[C@@H](CC/C=C/C(N)=O)C(=O)Nc1cccn(Cc2nc3c(CCC(F)(F)F)cccc3[nH]2)c1=O. The number of anilines is 1.